The highest BCUT2D eigenvalue weighted by Crippen LogP contribution is 2.28. The quantitative estimate of drug-likeness (QED) is 0.674. The topological polar surface area (TPSA) is 95.3 Å². The molecule has 0 fully saturated rings. The predicted molar refractivity (Wildman–Crippen MR) is 92.0 cm³/mol. The largest absolute Gasteiger partial charge is 0.507 e. The van der Waals surface area contributed by atoms with E-state index in [2.05, 4.69) is 15.3 Å². The number of rotatable bonds is 4. The molecule has 0 unspecified atom stereocenters. The smallest absolute Gasteiger partial charge is 0.339 e. The molecule has 24 heavy (non-hydrogen) atoms. The summed E-state index contributed by atoms with van der Waals surface area (Å²) in [5.74, 6) is 0.0240. The fraction of sp³-hybridized carbons (Fsp3) is 0.167. The van der Waals surface area contributed by atoms with Crippen molar-refractivity contribution in [2.75, 3.05) is 5.32 Å². The van der Waals surface area contributed by atoms with Crippen LogP contribution in [0.1, 0.15) is 35.9 Å². The zero-order valence-electron chi connectivity index (χ0n) is 13.3. The average Bonchev–Trinajstić information content (AvgIpc) is 2.54. The molecule has 0 saturated carbocycles. The Bertz CT molecular complexity index is 923. The Morgan fingerprint density at radius 1 is 1.12 bits per heavy atom. The first-order chi connectivity index (χ1) is 11.5. The molecule has 0 radical (unpaired) electrons. The summed E-state index contributed by atoms with van der Waals surface area (Å²) in [6.45, 7) is 4.03. The second kappa shape index (κ2) is 6.16. The Hall–Kier alpha value is -3.15. The molecular weight excluding hydrogens is 306 g/mol. The molecule has 1 aromatic heterocycles. The maximum atomic E-state index is 11.0. The number of nitrogens with zero attached hydrogens (tertiary/aromatic N) is 2. The van der Waals surface area contributed by atoms with E-state index in [1.807, 2.05) is 38.1 Å². The Morgan fingerprint density at radius 3 is 2.54 bits per heavy atom. The molecule has 0 spiro atoms. The van der Waals surface area contributed by atoms with E-state index in [9.17, 15) is 9.90 Å². The third kappa shape index (κ3) is 2.99. The van der Waals surface area contributed by atoms with E-state index >= 15 is 0 Å². The minimum absolute atomic E-state index is 0.143. The highest BCUT2D eigenvalue weighted by molar-refractivity contribution is 5.93. The first-order valence-corrected chi connectivity index (χ1v) is 7.55. The van der Waals surface area contributed by atoms with Gasteiger partial charge < -0.3 is 15.5 Å². The van der Waals surface area contributed by atoms with Crippen LogP contribution in [-0.4, -0.2) is 26.2 Å². The minimum Gasteiger partial charge on any atom is -0.507 e. The van der Waals surface area contributed by atoms with E-state index in [1.165, 1.54) is 12.1 Å². The van der Waals surface area contributed by atoms with Gasteiger partial charge in [0.2, 0.25) is 0 Å². The minimum atomic E-state index is -1.17. The van der Waals surface area contributed by atoms with E-state index in [1.54, 1.807) is 6.07 Å². The van der Waals surface area contributed by atoms with Crippen molar-refractivity contribution in [3.8, 4) is 5.75 Å². The number of anilines is 2. The molecule has 122 valence electrons. The molecule has 6 heteroatoms. The third-order valence-corrected chi connectivity index (χ3v) is 3.63. The summed E-state index contributed by atoms with van der Waals surface area (Å²) in [6, 6.07) is 12.0. The summed E-state index contributed by atoms with van der Waals surface area (Å²) < 4.78 is 0. The van der Waals surface area contributed by atoms with Gasteiger partial charge in [0.05, 0.1) is 5.52 Å². The fourth-order valence-electron chi connectivity index (χ4n) is 2.38. The predicted octanol–water partition coefficient (Wildman–Crippen LogP) is 3.90. The number of para-hydroxylation sites is 1. The number of carboxylic acids is 1. The Balaban J connectivity index is 2.06. The molecule has 0 aliphatic heterocycles. The molecule has 0 saturated heterocycles. The van der Waals surface area contributed by atoms with E-state index in [0.29, 0.717) is 17.3 Å². The Kier molecular flexibility index (Phi) is 4.04. The van der Waals surface area contributed by atoms with E-state index in [4.69, 9.17) is 5.11 Å². The van der Waals surface area contributed by atoms with Gasteiger partial charge in [-0.2, -0.15) is 0 Å². The van der Waals surface area contributed by atoms with Gasteiger partial charge in [-0.3, -0.25) is 0 Å². The number of phenols is 1. The number of hydrogen-bond acceptors (Lipinski definition) is 5. The first kappa shape index (κ1) is 15.7. The van der Waals surface area contributed by atoms with Crippen LogP contribution in [0.3, 0.4) is 0 Å². The van der Waals surface area contributed by atoms with Crippen LogP contribution in [-0.2, 0) is 0 Å². The van der Waals surface area contributed by atoms with Gasteiger partial charge in [-0.15, -0.1) is 0 Å². The van der Waals surface area contributed by atoms with Crippen molar-refractivity contribution in [2.45, 2.75) is 19.8 Å². The molecule has 3 N–H and O–H groups in total. The SMILES string of the molecule is CC(C)c1nc(Nc2ccc(C(=O)O)c(O)c2)c2ccccc2n1. The average molecular weight is 323 g/mol. The van der Waals surface area contributed by atoms with Crippen LogP contribution >= 0.6 is 0 Å². The lowest BCUT2D eigenvalue weighted by atomic mass is 10.1. The molecule has 0 atom stereocenters. The molecule has 6 nitrogen and oxygen atoms in total. The summed E-state index contributed by atoms with van der Waals surface area (Å²) in [5, 5.41) is 22.8. The standard InChI is InChI=1S/C18H17N3O3/c1-10(2)16-20-14-6-4-3-5-12(14)17(21-16)19-11-7-8-13(18(23)24)15(22)9-11/h3-10,22H,1-2H3,(H,23,24)(H,19,20,21). The molecule has 3 aromatic rings. The normalized spacial score (nSPS) is 11.0. The van der Waals surface area contributed by atoms with Crippen molar-refractivity contribution in [3.63, 3.8) is 0 Å². The molecule has 3 rings (SSSR count). The van der Waals surface area contributed by atoms with Crippen molar-refractivity contribution in [1.29, 1.82) is 0 Å². The molecule has 0 amide bonds. The summed E-state index contributed by atoms with van der Waals surface area (Å²) in [7, 11) is 0. The van der Waals surface area contributed by atoms with Crippen LogP contribution in [0.25, 0.3) is 10.9 Å². The monoisotopic (exact) mass is 323 g/mol. The van der Waals surface area contributed by atoms with Crippen molar-refractivity contribution in [2.24, 2.45) is 0 Å². The van der Waals surface area contributed by atoms with Crippen LogP contribution in [0.15, 0.2) is 42.5 Å². The third-order valence-electron chi connectivity index (χ3n) is 3.63. The van der Waals surface area contributed by atoms with Crippen molar-refractivity contribution in [1.82, 2.24) is 9.97 Å². The number of nitrogens with one attached hydrogen (secondary N) is 1. The van der Waals surface area contributed by atoms with Crippen molar-refractivity contribution >= 4 is 28.4 Å². The second-order valence-electron chi connectivity index (χ2n) is 5.76. The number of fused-ring (bicyclic) bond motifs is 1. The summed E-state index contributed by atoms with van der Waals surface area (Å²) >= 11 is 0. The van der Waals surface area contributed by atoms with Crippen LogP contribution in [0.2, 0.25) is 0 Å². The number of hydrogen-bond donors (Lipinski definition) is 3. The maximum Gasteiger partial charge on any atom is 0.339 e. The van der Waals surface area contributed by atoms with Gasteiger partial charge in [-0.05, 0) is 24.3 Å². The number of carboxylic acid groups (broad SMARTS) is 1. The van der Waals surface area contributed by atoms with Crippen LogP contribution in [0, 0.1) is 0 Å². The van der Waals surface area contributed by atoms with Gasteiger partial charge >= 0.3 is 5.97 Å². The number of aromatic nitrogens is 2. The highest BCUT2D eigenvalue weighted by atomic mass is 16.4. The molecule has 1 heterocycles. The first-order valence-electron chi connectivity index (χ1n) is 7.55. The van der Waals surface area contributed by atoms with Crippen molar-refractivity contribution in [3.05, 3.63) is 53.9 Å². The van der Waals surface area contributed by atoms with Gasteiger partial charge in [0, 0.05) is 23.1 Å². The van der Waals surface area contributed by atoms with Gasteiger partial charge in [-0.25, -0.2) is 14.8 Å². The zero-order valence-corrected chi connectivity index (χ0v) is 13.3. The van der Waals surface area contributed by atoms with Crippen molar-refractivity contribution < 1.29 is 15.0 Å². The van der Waals surface area contributed by atoms with Crippen LogP contribution in [0.4, 0.5) is 11.5 Å². The molecule has 2 aromatic carbocycles. The number of carbonyl (C=O) groups is 1. The van der Waals surface area contributed by atoms with Gasteiger partial charge in [-0.1, -0.05) is 26.0 Å². The maximum absolute atomic E-state index is 11.0. The Labute approximate surface area is 138 Å². The van der Waals surface area contributed by atoms with Gasteiger partial charge in [0.25, 0.3) is 0 Å². The lowest BCUT2D eigenvalue weighted by Crippen LogP contribution is -2.04. The lowest BCUT2D eigenvalue weighted by Gasteiger charge is -2.13. The molecule has 0 bridgehead atoms. The molecular formula is C18H17N3O3. The molecule has 0 aliphatic rings. The van der Waals surface area contributed by atoms with Crippen LogP contribution in [0.5, 0.6) is 5.75 Å². The number of aromatic carboxylic acids is 1. The fourth-order valence-corrected chi connectivity index (χ4v) is 2.38. The Morgan fingerprint density at radius 2 is 1.88 bits per heavy atom. The van der Waals surface area contributed by atoms with E-state index in [-0.39, 0.29) is 17.2 Å². The number of aromatic hydroxyl groups is 1. The van der Waals surface area contributed by atoms with E-state index in [0.717, 1.165) is 10.9 Å². The van der Waals surface area contributed by atoms with Gasteiger partial charge in [0.15, 0.2) is 0 Å². The highest BCUT2D eigenvalue weighted by Gasteiger charge is 2.13. The zero-order chi connectivity index (χ0) is 17.3. The summed E-state index contributed by atoms with van der Waals surface area (Å²) in [4.78, 5) is 20.1. The van der Waals surface area contributed by atoms with Crippen LogP contribution < -0.4 is 5.32 Å². The van der Waals surface area contributed by atoms with E-state index < -0.39 is 5.97 Å². The summed E-state index contributed by atoms with van der Waals surface area (Å²) in [5.41, 5.74) is 1.23. The lowest BCUT2D eigenvalue weighted by molar-refractivity contribution is 0.0694. The molecule has 0 aliphatic carbocycles. The summed E-state index contributed by atoms with van der Waals surface area (Å²) in [6.07, 6.45) is 0. The van der Waals surface area contributed by atoms with Gasteiger partial charge in [0.1, 0.15) is 23.0 Å². The number of benzene rings is 2. The second-order valence-corrected chi connectivity index (χ2v) is 5.76.